The normalized spacial score (nSPS) is 10.7. The van der Waals surface area contributed by atoms with Crippen LogP contribution in [0.2, 0.25) is 0 Å². The van der Waals surface area contributed by atoms with Crippen molar-refractivity contribution in [2.75, 3.05) is 12.3 Å². The van der Waals surface area contributed by atoms with Gasteiger partial charge in [0.25, 0.3) is 0 Å². The molecule has 0 fully saturated rings. The number of esters is 1. The Labute approximate surface area is 106 Å². The summed E-state index contributed by atoms with van der Waals surface area (Å²) >= 11 is 0. The number of fused-ring (bicyclic) bond motifs is 1. The van der Waals surface area contributed by atoms with Gasteiger partial charge in [-0.1, -0.05) is 0 Å². The molecule has 96 valence electrons. The fourth-order valence-corrected chi connectivity index (χ4v) is 2.04. The standard InChI is InChI=1S/C14H18N2O2/c1-2-18-14(17)4-3-8-16-9-7-11-10-12(15)5-6-13(11)16/h5-7,9-10H,2-4,8,15H2,1H3. The summed E-state index contributed by atoms with van der Waals surface area (Å²) in [5.41, 5.74) is 7.65. The number of aryl methyl sites for hydroxylation is 1. The Morgan fingerprint density at radius 1 is 1.39 bits per heavy atom. The number of anilines is 1. The molecule has 0 spiro atoms. The lowest BCUT2D eigenvalue weighted by Gasteiger charge is -2.05. The number of hydrogen-bond donors (Lipinski definition) is 1. The first-order valence-corrected chi connectivity index (χ1v) is 6.20. The van der Waals surface area contributed by atoms with Crippen LogP contribution in [0.5, 0.6) is 0 Å². The van der Waals surface area contributed by atoms with Crippen LogP contribution in [0.25, 0.3) is 10.9 Å². The number of rotatable bonds is 5. The molecular weight excluding hydrogens is 228 g/mol. The molecule has 0 unspecified atom stereocenters. The van der Waals surface area contributed by atoms with E-state index in [0.717, 1.165) is 29.6 Å². The Bertz CT molecular complexity index is 546. The van der Waals surface area contributed by atoms with Gasteiger partial charge < -0.3 is 15.0 Å². The van der Waals surface area contributed by atoms with Crippen LogP contribution < -0.4 is 5.73 Å². The number of aromatic nitrogens is 1. The van der Waals surface area contributed by atoms with Crippen LogP contribution in [0.3, 0.4) is 0 Å². The van der Waals surface area contributed by atoms with E-state index < -0.39 is 0 Å². The van der Waals surface area contributed by atoms with Crippen LogP contribution >= 0.6 is 0 Å². The third kappa shape index (κ3) is 2.83. The zero-order valence-electron chi connectivity index (χ0n) is 10.6. The van der Waals surface area contributed by atoms with Crippen LogP contribution in [0.15, 0.2) is 30.5 Å². The van der Waals surface area contributed by atoms with Gasteiger partial charge in [0.05, 0.1) is 6.61 Å². The smallest absolute Gasteiger partial charge is 0.305 e. The number of hydrogen-bond acceptors (Lipinski definition) is 3. The van der Waals surface area contributed by atoms with E-state index in [9.17, 15) is 4.79 Å². The van der Waals surface area contributed by atoms with Crippen LogP contribution in [0.4, 0.5) is 5.69 Å². The molecule has 2 aromatic rings. The average molecular weight is 246 g/mol. The van der Waals surface area contributed by atoms with E-state index in [-0.39, 0.29) is 5.97 Å². The minimum Gasteiger partial charge on any atom is -0.466 e. The van der Waals surface area contributed by atoms with Crippen molar-refractivity contribution >= 4 is 22.6 Å². The Morgan fingerprint density at radius 3 is 3.00 bits per heavy atom. The molecule has 0 saturated heterocycles. The number of nitrogens with two attached hydrogens (primary N) is 1. The fourth-order valence-electron chi connectivity index (χ4n) is 2.04. The molecule has 4 heteroatoms. The maximum atomic E-state index is 11.2. The van der Waals surface area contributed by atoms with Crippen molar-refractivity contribution in [3.63, 3.8) is 0 Å². The molecule has 0 bridgehead atoms. The van der Waals surface area contributed by atoms with Gasteiger partial charge in [0.2, 0.25) is 0 Å². The maximum absolute atomic E-state index is 11.2. The van der Waals surface area contributed by atoms with Gasteiger partial charge in [-0.15, -0.1) is 0 Å². The molecular formula is C14H18N2O2. The van der Waals surface area contributed by atoms with Gasteiger partial charge in [-0.2, -0.15) is 0 Å². The number of nitrogen functional groups attached to an aromatic ring is 1. The molecule has 0 aliphatic rings. The fraction of sp³-hybridized carbons (Fsp3) is 0.357. The number of carbonyl (C=O) groups is 1. The van der Waals surface area contributed by atoms with E-state index in [2.05, 4.69) is 4.57 Å². The van der Waals surface area contributed by atoms with Crippen molar-refractivity contribution < 1.29 is 9.53 Å². The van der Waals surface area contributed by atoms with Crippen molar-refractivity contribution in [3.05, 3.63) is 30.5 Å². The zero-order valence-corrected chi connectivity index (χ0v) is 10.6. The van der Waals surface area contributed by atoms with E-state index in [4.69, 9.17) is 10.5 Å². The Balaban J connectivity index is 1.98. The van der Waals surface area contributed by atoms with Gasteiger partial charge in [-0.25, -0.2) is 0 Å². The highest BCUT2D eigenvalue weighted by molar-refractivity contribution is 5.83. The molecule has 4 nitrogen and oxygen atoms in total. The summed E-state index contributed by atoms with van der Waals surface area (Å²) < 4.78 is 7.03. The van der Waals surface area contributed by atoms with E-state index >= 15 is 0 Å². The molecule has 0 radical (unpaired) electrons. The molecule has 0 aliphatic heterocycles. The zero-order chi connectivity index (χ0) is 13.0. The van der Waals surface area contributed by atoms with E-state index in [1.165, 1.54) is 0 Å². The highest BCUT2D eigenvalue weighted by Gasteiger charge is 2.04. The highest BCUT2D eigenvalue weighted by Crippen LogP contribution is 2.19. The quantitative estimate of drug-likeness (QED) is 0.651. The molecule has 18 heavy (non-hydrogen) atoms. The first-order chi connectivity index (χ1) is 8.70. The number of benzene rings is 1. The predicted molar refractivity (Wildman–Crippen MR) is 72.2 cm³/mol. The van der Waals surface area contributed by atoms with Crippen LogP contribution in [0, 0.1) is 0 Å². The Kier molecular flexibility index (Phi) is 3.87. The SMILES string of the molecule is CCOC(=O)CCCn1ccc2cc(N)ccc21. The van der Waals surface area contributed by atoms with Gasteiger partial charge in [0.15, 0.2) is 0 Å². The summed E-state index contributed by atoms with van der Waals surface area (Å²) in [7, 11) is 0. The molecule has 1 aromatic carbocycles. The summed E-state index contributed by atoms with van der Waals surface area (Å²) in [4.78, 5) is 11.2. The Morgan fingerprint density at radius 2 is 2.22 bits per heavy atom. The molecule has 2 N–H and O–H groups in total. The molecule has 2 rings (SSSR count). The van der Waals surface area contributed by atoms with Crippen LogP contribution in [-0.4, -0.2) is 17.1 Å². The summed E-state index contributed by atoms with van der Waals surface area (Å²) in [6, 6.07) is 7.90. The number of nitrogens with zero attached hydrogens (tertiary/aromatic N) is 1. The Hall–Kier alpha value is -1.97. The number of ether oxygens (including phenoxy) is 1. The largest absolute Gasteiger partial charge is 0.466 e. The molecule has 1 aromatic heterocycles. The summed E-state index contributed by atoms with van der Waals surface area (Å²) in [6.45, 7) is 3.08. The summed E-state index contributed by atoms with van der Waals surface area (Å²) in [6.07, 6.45) is 3.27. The topological polar surface area (TPSA) is 57.2 Å². The van der Waals surface area contributed by atoms with E-state index in [1.54, 1.807) is 0 Å². The van der Waals surface area contributed by atoms with Crippen LogP contribution in [-0.2, 0) is 16.1 Å². The minimum atomic E-state index is -0.127. The minimum absolute atomic E-state index is 0.127. The lowest BCUT2D eigenvalue weighted by molar-refractivity contribution is -0.143. The molecule has 0 atom stereocenters. The summed E-state index contributed by atoms with van der Waals surface area (Å²) in [5, 5.41) is 1.13. The first-order valence-electron chi connectivity index (χ1n) is 6.20. The molecule has 0 amide bonds. The van der Waals surface area contributed by atoms with E-state index in [1.807, 2.05) is 37.4 Å². The lowest BCUT2D eigenvalue weighted by atomic mass is 10.2. The number of carbonyl (C=O) groups excluding carboxylic acids is 1. The van der Waals surface area contributed by atoms with Gasteiger partial charge >= 0.3 is 5.97 Å². The third-order valence-corrected chi connectivity index (χ3v) is 2.88. The van der Waals surface area contributed by atoms with Crippen molar-refractivity contribution in [2.45, 2.75) is 26.3 Å². The van der Waals surface area contributed by atoms with Crippen molar-refractivity contribution in [1.82, 2.24) is 4.57 Å². The van der Waals surface area contributed by atoms with Crippen molar-refractivity contribution in [3.8, 4) is 0 Å². The third-order valence-electron chi connectivity index (χ3n) is 2.88. The first kappa shape index (κ1) is 12.5. The lowest BCUT2D eigenvalue weighted by Crippen LogP contribution is -2.05. The highest BCUT2D eigenvalue weighted by atomic mass is 16.5. The second kappa shape index (κ2) is 5.58. The van der Waals surface area contributed by atoms with Gasteiger partial charge in [0.1, 0.15) is 0 Å². The second-order valence-electron chi connectivity index (χ2n) is 4.24. The predicted octanol–water partition coefficient (Wildman–Crippen LogP) is 2.57. The van der Waals surface area contributed by atoms with Crippen LogP contribution in [0.1, 0.15) is 19.8 Å². The van der Waals surface area contributed by atoms with Crippen molar-refractivity contribution in [1.29, 1.82) is 0 Å². The molecule has 0 aliphatic carbocycles. The molecule has 1 heterocycles. The monoisotopic (exact) mass is 246 g/mol. The summed E-state index contributed by atoms with van der Waals surface area (Å²) in [5.74, 6) is -0.127. The average Bonchev–Trinajstić information content (AvgIpc) is 2.72. The van der Waals surface area contributed by atoms with Gasteiger partial charge in [-0.3, -0.25) is 4.79 Å². The van der Waals surface area contributed by atoms with Gasteiger partial charge in [-0.05, 0) is 37.6 Å². The maximum Gasteiger partial charge on any atom is 0.305 e. The van der Waals surface area contributed by atoms with Gasteiger partial charge in [0, 0.05) is 35.8 Å². The van der Waals surface area contributed by atoms with Crippen molar-refractivity contribution in [2.24, 2.45) is 0 Å². The molecule has 0 saturated carbocycles. The van der Waals surface area contributed by atoms with E-state index in [0.29, 0.717) is 13.0 Å². The second-order valence-corrected chi connectivity index (χ2v) is 4.24.